The number of amides is 1. The number of carboxylic acids is 1. The fourth-order valence-corrected chi connectivity index (χ4v) is 2.27. The molecule has 0 radical (unpaired) electrons. The predicted octanol–water partition coefficient (Wildman–Crippen LogP) is 2.64. The average molecular weight is 310 g/mol. The number of hydrogen-bond donors (Lipinski definition) is 2. The highest BCUT2D eigenvalue weighted by Crippen LogP contribution is 2.20. The van der Waals surface area contributed by atoms with Gasteiger partial charge in [-0.1, -0.05) is 29.8 Å². The Bertz CT molecular complexity index is 607. The molecule has 0 saturated carbocycles. The van der Waals surface area contributed by atoms with Crippen LogP contribution >= 0.6 is 11.6 Å². The van der Waals surface area contributed by atoms with Crippen molar-refractivity contribution in [3.05, 3.63) is 52.8 Å². The SMILES string of the molecule is O=C(C=Cc1c(F)cccc1Cl)NC1C=CC(C(=O)O)C1. The van der Waals surface area contributed by atoms with Gasteiger partial charge in [-0.05, 0) is 24.6 Å². The van der Waals surface area contributed by atoms with Crippen LogP contribution < -0.4 is 5.32 Å². The molecule has 0 aliphatic heterocycles. The lowest BCUT2D eigenvalue weighted by atomic mass is 10.1. The van der Waals surface area contributed by atoms with Crippen molar-refractivity contribution in [3.63, 3.8) is 0 Å². The first-order chi connectivity index (χ1) is 9.97. The molecule has 21 heavy (non-hydrogen) atoms. The Morgan fingerprint density at radius 1 is 1.38 bits per heavy atom. The number of carboxylic acid groups (broad SMARTS) is 1. The van der Waals surface area contributed by atoms with Gasteiger partial charge in [0.15, 0.2) is 0 Å². The number of carbonyl (C=O) groups is 2. The maximum atomic E-state index is 13.5. The molecule has 1 amide bonds. The molecule has 0 heterocycles. The van der Waals surface area contributed by atoms with Crippen LogP contribution in [-0.4, -0.2) is 23.0 Å². The monoisotopic (exact) mass is 309 g/mol. The summed E-state index contributed by atoms with van der Waals surface area (Å²) in [5.41, 5.74) is 0.139. The van der Waals surface area contributed by atoms with Crippen LogP contribution in [0.4, 0.5) is 4.39 Å². The number of halogens is 2. The molecule has 1 aromatic carbocycles. The maximum Gasteiger partial charge on any atom is 0.310 e. The minimum Gasteiger partial charge on any atom is -0.481 e. The third-order valence-corrected chi connectivity index (χ3v) is 3.46. The normalized spacial score (nSPS) is 20.9. The highest BCUT2D eigenvalue weighted by atomic mass is 35.5. The topological polar surface area (TPSA) is 66.4 Å². The minimum absolute atomic E-state index is 0.139. The highest BCUT2D eigenvalue weighted by molar-refractivity contribution is 6.32. The Morgan fingerprint density at radius 2 is 2.14 bits per heavy atom. The first-order valence-electron chi connectivity index (χ1n) is 6.31. The van der Waals surface area contributed by atoms with Crippen molar-refractivity contribution in [1.82, 2.24) is 5.32 Å². The zero-order valence-electron chi connectivity index (χ0n) is 10.9. The Morgan fingerprint density at radius 3 is 2.76 bits per heavy atom. The zero-order valence-corrected chi connectivity index (χ0v) is 11.7. The minimum atomic E-state index is -0.920. The van der Waals surface area contributed by atoms with Crippen LogP contribution in [0.5, 0.6) is 0 Å². The quantitative estimate of drug-likeness (QED) is 0.664. The first kappa shape index (κ1) is 15.3. The number of aliphatic carboxylic acids is 1. The molecule has 0 spiro atoms. The summed E-state index contributed by atoms with van der Waals surface area (Å²) in [4.78, 5) is 22.5. The van der Waals surface area contributed by atoms with Crippen LogP contribution in [0.1, 0.15) is 12.0 Å². The molecule has 0 saturated heterocycles. The van der Waals surface area contributed by atoms with Crippen LogP contribution in [0.15, 0.2) is 36.4 Å². The van der Waals surface area contributed by atoms with Gasteiger partial charge in [0.2, 0.25) is 5.91 Å². The second kappa shape index (κ2) is 6.54. The van der Waals surface area contributed by atoms with E-state index in [4.69, 9.17) is 16.7 Å². The van der Waals surface area contributed by atoms with Gasteiger partial charge in [0.25, 0.3) is 0 Å². The number of nitrogens with one attached hydrogen (secondary N) is 1. The van der Waals surface area contributed by atoms with Crippen molar-refractivity contribution < 1.29 is 19.1 Å². The van der Waals surface area contributed by atoms with E-state index < -0.39 is 23.6 Å². The smallest absolute Gasteiger partial charge is 0.310 e. The van der Waals surface area contributed by atoms with E-state index in [-0.39, 0.29) is 16.6 Å². The molecular weight excluding hydrogens is 297 g/mol. The third-order valence-electron chi connectivity index (χ3n) is 3.13. The van der Waals surface area contributed by atoms with Crippen molar-refractivity contribution in [2.75, 3.05) is 0 Å². The van der Waals surface area contributed by atoms with Gasteiger partial charge in [-0.3, -0.25) is 9.59 Å². The molecule has 6 heteroatoms. The van der Waals surface area contributed by atoms with E-state index >= 15 is 0 Å². The van der Waals surface area contributed by atoms with Crippen LogP contribution in [0.3, 0.4) is 0 Å². The molecule has 0 aromatic heterocycles. The summed E-state index contributed by atoms with van der Waals surface area (Å²) < 4.78 is 13.5. The summed E-state index contributed by atoms with van der Waals surface area (Å²) in [6.07, 6.45) is 5.97. The Labute approximate surface area is 125 Å². The molecule has 1 aliphatic carbocycles. The number of hydrogen-bond acceptors (Lipinski definition) is 2. The van der Waals surface area contributed by atoms with Crippen LogP contribution in [-0.2, 0) is 9.59 Å². The van der Waals surface area contributed by atoms with Crippen molar-refractivity contribution in [1.29, 1.82) is 0 Å². The van der Waals surface area contributed by atoms with Gasteiger partial charge in [0, 0.05) is 17.7 Å². The van der Waals surface area contributed by atoms with E-state index in [1.54, 1.807) is 12.2 Å². The molecule has 2 rings (SSSR count). The van der Waals surface area contributed by atoms with Gasteiger partial charge in [-0.2, -0.15) is 0 Å². The Balaban J connectivity index is 1.95. The maximum absolute atomic E-state index is 13.5. The lowest BCUT2D eigenvalue weighted by Gasteiger charge is -2.10. The lowest BCUT2D eigenvalue weighted by Crippen LogP contribution is -2.31. The van der Waals surface area contributed by atoms with E-state index in [9.17, 15) is 14.0 Å². The van der Waals surface area contributed by atoms with Gasteiger partial charge in [-0.25, -0.2) is 4.39 Å². The summed E-state index contributed by atoms with van der Waals surface area (Å²) in [6, 6.07) is 3.92. The van der Waals surface area contributed by atoms with Crippen molar-refractivity contribution >= 4 is 29.6 Å². The Kier molecular flexibility index (Phi) is 4.75. The van der Waals surface area contributed by atoms with Gasteiger partial charge in [-0.15, -0.1) is 0 Å². The van der Waals surface area contributed by atoms with Crippen LogP contribution in [0.25, 0.3) is 6.08 Å². The zero-order chi connectivity index (χ0) is 15.4. The summed E-state index contributed by atoms with van der Waals surface area (Å²) in [5, 5.41) is 11.7. The van der Waals surface area contributed by atoms with E-state index in [2.05, 4.69) is 5.32 Å². The molecule has 2 atom stereocenters. The lowest BCUT2D eigenvalue weighted by molar-refractivity contribution is -0.140. The molecular formula is C15H13ClFNO3. The van der Waals surface area contributed by atoms with Gasteiger partial charge in [0.05, 0.1) is 10.9 Å². The predicted molar refractivity (Wildman–Crippen MR) is 77.3 cm³/mol. The fourth-order valence-electron chi connectivity index (χ4n) is 2.05. The summed E-state index contributed by atoms with van der Waals surface area (Å²) in [5.74, 6) is -2.45. The first-order valence-corrected chi connectivity index (χ1v) is 6.69. The molecule has 110 valence electrons. The molecule has 2 unspecified atom stereocenters. The molecule has 1 aliphatic rings. The average Bonchev–Trinajstić information content (AvgIpc) is 2.87. The summed E-state index contributed by atoms with van der Waals surface area (Å²) in [6.45, 7) is 0. The van der Waals surface area contributed by atoms with Crippen molar-refractivity contribution in [2.24, 2.45) is 5.92 Å². The van der Waals surface area contributed by atoms with Gasteiger partial charge >= 0.3 is 5.97 Å². The summed E-state index contributed by atoms with van der Waals surface area (Å²) in [7, 11) is 0. The molecule has 0 fully saturated rings. The number of rotatable bonds is 4. The highest BCUT2D eigenvalue weighted by Gasteiger charge is 2.24. The van der Waals surface area contributed by atoms with Crippen molar-refractivity contribution in [3.8, 4) is 0 Å². The largest absolute Gasteiger partial charge is 0.481 e. The molecule has 2 N–H and O–H groups in total. The van der Waals surface area contributed by atoms with Crippen molar-refractivity contribution in [2.45, 2.75) is 12.5 Å². The van der Waals surface area contributed by atoms with Gasteiger partial charge in [0.1, 0.15) is 5.82 Å². The van der Waals surface area contributed by atoms with E-state index in [1.807, 2.05) is 0 Å². The second-order valence-electron chi connectivity index (χ2n) is 4.65. The Hall–Kier alpha value is -2.14. The van der Waals surface area contributed by atoms with Crippen LogP contribution in [0, 0.1) is 11.7 Å². The number of carbonyl (C=O) groups excluding carboxylic acids is 1. The van der Waals surface area contributed by atoms with Crippen LogP contribution in [0.2, 0.25) is 5.02 Å². The van der Waals surface area contributed by atoms with Gasteiger partial charge < -0.3 is 10.4 Å². The fraction of sp³-hybridized carbons (Fsp3) is 0.200. The summed E-state index contributed by atoms with van der Waals surface area (Å²) >= 11 is 5.84. The number of benzene rings is 1. The van der Waals surface area contributed by atoms with E-state index in [1.165, 1.54) is 30.4 Å². The van der Waals surface area contributed by atoms with E-state index in [0.717, 1.165) is 0 Å². The molecule has 0 bridgehead atoms. The second-order valence-corrected chi connectivity index (χ2v) is 5.06. The molecule has 4 nitrogen and oxygen atoms in total. The standard InChI is InChI=1S/C15H13ClFNO3/c16-12-2-1-3-13(17)11(12)6-7-14(19)18-10-5-4-9(8-10)15(20)21/h1-7,9-10H,8H2,(H,18,19)(H,20,21). The third kappa shape index (κ3) is 3.92. The molecule has 1 aromatic rings. The van der Waals surface area contributed by atoms with E-state index in [0.29, 0.717) is 6.42 Å².